The van der Waals surface area contributed by atoms with E-state index in [0.717, 1.165) is 18.5 Å². The van der Waals surface area contributed by atoms with Crippen LogP contribution in [0.25, 0.3) is 0 Å². The highest BCUT2D eigenvalue weighted by Crippen LogP contribution is 2.35. The van der Waals surface area contributed by atoms with E-state index in [-0.39, 0.29) is 5.75 Å². The molecule has 0 aliphatic carbocycles. The van der Waals surface area contributed by atoms with Crippen LogP contribution >= 0.6 is 31.9 Å². The maximum absolute atomic E-state index is 12.2. The molecule has 0 aliphatic heterocycles. The summed E-state index contributed by atoms with van der Waals surface area (Å²) in [5.74, 6) is 0.124. The number of alkyl halides is 2. The normalized spacial score (nSPS) is 10.9. The lowest BCUT2D eigenvalue weighted by molar-refractivity contribution is -0.0508. The summed E-state index contributed by atoms with van der Waals surface area (Å²) in [6.45, 7) is 0.870. The van der Waals surface area contributed by atoms with Crippen molar-refractivity contribution in [1.82, 2.24) is 5.32 Å². The van der Waals surface area contributed by atoms with Crippen LogP contribution in [0, 0.1) is 0 Å². The van der Waals surface area contributed by atoms with Crippen LogP contribution in [-0.4, -0.2) is 13.2 Å². The van der Waals surface area contributed by atoms with Crippen molar-refractivity contribution in [2.75, 3.05) is 6.54 Å². The van der Waals surface area contributed by atoms with Crippen LogP contribution in [0.2, 0.25) is 0 Å². The maximum atomic E-state index is 12.2. The number of halogens is 4. The Kier molecular flexibility index (Phi) is 6.37. The van der Waals surface area contributed by atoms with Crippen molar-refractivity contribution in [3.8, 4) is 5.75 Å². The molecular formula is C11H13Br2F2NO. The third-order valence-corrected chi connectivity index (χ3v) is 3.20. The summed E-state index contributed by atoms with van der Waals surface area (Å²) in [5, 5.41) is 3.24. The van der Waals surface area contributed by atoms with E-state index >= 15 is 0 Å². The van der Waals surface area contributed by atoms with Gasteiger partial charge >= 0.3 is 6.61 Å². The summed E-state index contributed by atoms with van der Waals surface area (Å²) in [6.07, 6.45) is 1.05. The van der Waals surface area contributed by atoms with Gasteiger partial charge in [0.05, 0.1) is 8.95 Å². The fourth-order valence-electron chi connectivity index (χ4n) is 1.33. The molecule has 1 aromatic rings. The summed E-state index contributed by atoms with van der Waals surface area (Å²) >= 11 is 6.44. The van der Waals surface area contributed by atoms with Crippen molar-refractivity contribution in [2.24, 2.45) is 0 Å². The topological polar surface area (TPSA) is 21.3 Å². The molecule has 1 aromatic carbocycles. The molecule has 2 nitrogen and oxygen atoms in total. The van der Waals surface area contributed by atoms with Crippen LogP contribution in [0.5, 0.6) is 5.75 Å². The second-order valence-electron chi connectivity index (χ2n) is 3.44. The molecule has 0 unspecified atom stereocenters. The van der Waals surface area contributed by atoms with E-state index in [1.54, 1.807) is 12.1 Å². The zero-order valence-corrected chi connectivity index (χ0v) is 12.4. The predicted molar refractivity (Wildman–Crippen MR) is 70.5 cm³/mol. The number of ether oxygens (including phenoxy) is 1. The largest absolute Gasteiger partial charge is 0.432 e. The molecule has 0 bridgehead atoms. The lowest BCUT2D eigenvalue weighted by atomic mass is 10.2. The zero-order chi connectivity index (χ0) is 12.8. The lowest BCUT2D eigenvalue weighted by Gasteiger charge is -2.11. The van der Waals surface area contributed by atoms with Gasteiger partial charge < -0.3 is 10.1 Å². The molecule has 1 N–H and O–H groups in total. The molecule has 6 heteroatoms. The fraction of sp³-hybridized carbons (Fsp3) is 0.455. The SMILES string of the molecule is CCCNCc1cc(Br)c(OC(F)F)c(Br)c1. The van der Waals surface area contributed by atoms with Crippen molar-refractivity contribution >= 4 is 31.9 Å². The highest BCUT2D eigenvalue weighted by molar-refractivity contribution is 9.11. The summed E-state index contributed by atoms with van der Waals surface area (Å²) in [4.78, 5) is 0. The molecule has 0 aromatic heterocycles. The minimum atomic E-state index is -2.83. The minimum absolute atomic E-state index is 0.124. The number of hydrogen-bond acceptors (Lipinski definition) is 2. The fourth-order valence-corrected chi connectivity index (χ4v) is 2.79. The molecule has 0 spiro atoms. The van der Waals surface area contributed by atoms with E-state index in [9.17, 15) is 8.78 Å². The quantitative estimate of drug-likeness (QED) is 0.751. The van der Waals surface area contributed by atoms with Crippen LogP contribution in [-0.2, 0) is 6.54 Å². The average molecular weight is 373 g/mol. The second kappa shape index (κ2) is 7.28. The number of rotatable bonds is 6. The molecule has 0 fully saturated rings. The standard InChI is InChI=1S/C11H13Br2F2NO/c1-2-3-16-6-7-4-8(12)10(9(13)5-7)17-11(14)15/h4-5,11,16H,2-3,6H2,1H3. The molecule has 17 heavy (non-hydrogen) atoms. The van der Waals surface area contributed by atoms with E-state index in [2.05, 4.69) is 48.8 Å². The molecule has 0 atom stereocenters. The Hall–Kier alpha value is -0.200. The Morgan fingerprint density at radius 1 is 1.29 bits per heavy atom. The monoisotopic (exact) mass is 371 g/mol. The van der Waals surface area contributed by atoms with Crippen molar-refractivity contribution in [3.05, 3.63) is 26.6 Å². The first-order chi connectivity index (χ1) is 8.04. The van der Waals surface area contributed by atoms with Gasteiger partial charge in [0.2, 0.25) is 0 Å². The smallest absolute Gasteiger partial charge is 0.387 e. The average Bonchev–Trinajstić information content (AvgIpc) is 2.24. The Labute approximate surface area is 116 Å². The molecule has 0 amide bonds. The first kappa shape index (κ1) is 14.9. The van der Waals surface area contributed by atoms with Gasteiger partial charge in [-0.05, 0) is 62.5 Å². The van der Waals surface area contributed by atoms with Crippen LogP contribution < -0.4 is 10.1 Å². The molecule has 0 radical (unpaired) electrons. The van der Waals surface area contributed by atoms with Crippen LogP contribution in [0.15, 0.2) is 21.1 Å². The van der Waals surface area contributed by atoms with E-state index in [0.29, 0.717) is 15.5 Å². The molecule has 0 saturated carbocycles. The van der Waals surface area contributed by atoms with Gasteiger partial charge in [-0.25, -0.2) is 0 Å². The first-order valence-electron chi connectivity index (χ1n) is 5.18. The Morgan fingerprint density at radius 3 is 2.35 bits per heavy atom. The number of hydrogen-bond donors (Lipinski definition) is 1. The van der Waals surface area contributed by atoms with Crippen molar-refractivity contribution in [2.45, 2.75) is 26.5 Å². The number of nitrogens with one attached hydrogen (secondary N) is 1. The molecule has 96 valence electrons. The molecule has 0 saturated heterocycles. The Balaban J connectivity index is 2.78. The van der Waals surface area contributed by atoms with Gasteiger partial charge in [0, 0.05) is 6.54 Å². The van der Waals surface area contributed by atoms with E-state index in [4.69, 9.17) is 0 Å². The predicted octanol–water partition coefficient (Wildman–Crippen LogP) is 4.31. The first-order valence-corrected chi connectivity index (χ1v) is 6.76. The molecular weight excluding hydrogens is 360 g/mol. The van der Waals surface area contributed by atoms with Gasteiger partial charge in [-0.15, -0.1) is 0 Å². The van der Waals surface area contributed by atoms with Gasteiger partial charge in [0.15, 0.2) is 5.75 Å². The van der Waals surface area contributed by atoms with Crippen LogP contribution in [0.4, 0.5) is 8.78 Å². The van der Waals surface area contributed by atoms with Crippen molar-refractivity contribution < 1.29 is 13.5 Å². The Morgan fingerprint density at radius 2 is 1.88 bits per heavy atom. The highest BCUT2D eigenvalue weighted by Gasteiger charge is 2.13. The highest BCUT2D eigenvalue weighted by atomic mass is 79.9. The van der Waals surface area contributed by atoms with Crippen LogP contribution in [0.3, 0.4) is 0 Å². The van der Waals surface area contributed by atoms with Gasteiger partial charge in [0.1, 0.15) is 0 Å². The van der Waals surface area contributed by atoms with Crippen molar-refractivity contribution in [1.29, 1.82) is 0 Å². The molecule has 0 heterocycles. The van der Waals surface area contributed by atoms with Crippen LogP contribution in [0.1, 0.15) is 18.9 Å². The third kappa shape index (κ3) is 4.89. The third-order valence-electron chi connectivity index (χ3n) is 2.02. The van der Waals surface area contributed by atoms with E-state index in [1.165, 1.54) is 0 Å². The van der Waals surface area contributed by atoms with E-state index in [1.807, 2.05) is 0 Å². The molecule has 1 rings (SSSR count). The van der Waals surface area contributed by atoms with Gasteiger partial charge in [-0.3, -0.25) is 0 Å². The van der Waals surface area contributed by atoms with Crippen molar-refractivity contribution in [3.63, 3.8) is 0 Å². The van der Waals surface area contributed by atoms with Gasteiger partial charge in [-0.2, -0.15) is 8.78 Å². The van der Waals surface area contributed by atoms with Gasteiger partial charge in [0.25, 0.3) is 0 Å². The number of benzene rings is 1. The minimum Gasteiger partial charge on any atom is -0.432 e. The van der Waals surface area contributed by atoms with Gasteiger partial charge in [-0.1, -0.05) is 6.92 Å². The second-order valence-corrected chi connectivity index (χ2v) is 5.15. The summed E-state index contributed by atoms with van der Waals surface area (Å²) < 4.78 is 29.7. The molecule has 0 aliphatic rings. The summed E-state index contributed by atoms with van der Waals surface area (Å²) in [7, 11) is 0. The summed E-state index contributed by atoms with van der Waals surface area (Å²) in [6, 6.07) is 3.54. The lowest BCUT2D eigenvalue weighted by Crippen LogP contribution is -2.14. The Bertz CT molecular complexity index is 351. The summed E-state index contributed by atoms with van der Waals surface area (Å²) in [5.41, 5.74) is 0.999. The maximum Gasteiger partial charge on any atom is 0.387 e. The van der Waals surface area contributed by atoms with E-state index < -0.39 is 6.61 Å². The zero-order valence-electron chi connectivity index (χ0n) is 9.27.